The molecule has 0 radical (unpaired) electrons. The van der Waals surface area contributed by atoms with Crippen molar-refractivity contribution >= 4 is 23.6 Å². The van der Waals surface area contributed by atoms with Crippen LogP contribution in [0.4, 0.5) is 4.79 Å². The van der Waals surface area contributed by atoms with Gasteiger partial charge in [0.1, 0.15) is 0 Å². The summed E-state index contributed by atoms with van der Waals surface area (Å²) >= 11 is 6.85. The molecule has 3 aromatic rings. The van der Waals surface area contributed by atoms with Crippen molar-refractivity contribution in [3.8, 4) is 11.1 Å². The molecule has 5 N–H and O–H groups in total. The fourth-order valence-electron chi connectivity index (χ4n) is 5.86. The number of benzene rings is 3. The number of hydrogen-bond donors (Lipinski definition) is 4. The number of piperidine rings is 1. The largest absolute Gasteiger partial charge is 0.465 e. The van der Waals surface area contributed by atoms with Crippen molar-refractivity contribution in [3.63, 3.8) is 0 Å². The summed E-state index contributed by atoms with van der Waals surface area (Å²) in [5, 5.41) is 24.7. The second kappa shape index (κ2) is 13.5. The first-order valence-corrected chi connectivity index (χ1v) is 14.7. The van der Waals surface area contributed by atoms with Gasteiger partial charge >= 0.3 is 6.09 Å². The van der Waals surface area contributed by atoms with Gasteiger partial charge in [-0.2, -0.15) is 0 Å². The van der Waals surface area contributed by atoms with Gasteiger partial charge in [0.2, 0.25) is 0 Å². The Bertz CT molecular complexity index is 1360. The number of carbonyl (C=O) groups excluding carboxylic acids is 1. The summed E-state index contributed by atoms with van der Waals surface area (Å²) in [5.74, 6) is -0.0401. The number of carboxylic acid groups (broad SMARTS) is 1. The third-order valence-electron chi connectivity index (χ3n) is 8.15. The lowest BCUT2D eigenvalue weighted by Crippen LogP contribution is -2.48. The predicted octanol–water partition coefficient (Wildman–Crippen LogP) is 6.38. The summed E-state index contributed by atoms with van der Waals surface area (Å²) < 4.78 is 0. The van der Waals surface area contributed by atoms with Crippen LogP contribution in [0.1, 0.15) is 72.5 Å². The average molecular weight is 578 g/mol. The molecule has 1 fully saturated rings. The fraction of sp³-hybridized carbons (Fsp3) is 0.394. The Morgan fingerprint density at radius 3 is 2.54 bits per heavy atom. The van der Waals surface area contributed by atoms with Crippen LogP contribution in [0.15, 0.2) is 66.7 Å². The Morgan fingerprint density at radius 2 is 1.85 bits per heavy atom. The highest BCUT2D eigenvalue weighted by molar-refractivity contribution is 6.33. The van der Waals surface area contributed by atoms with Crippen molar-refractivity contribution in [1.29, 1.82) is 0 Å². The van der Waals surface area contributed by atoms with E-state index in [9.17, 15) is 14.7 Å². The second-order valence-corrected chi connectivity index (χ2v) is 11.6. The summed E-state index contributed by atoms with van der Waals surface area (Å²) in [6.07, 6.45) is 1.09. The Labute approximate surface area is 247 Å². The van der Waals surface area contributed by atoms with Gasteiger partial charge in [-0.25, -0.2) is 4.79 Å². The second-order valence-electron chi connectivity index (χ2n) is 11.2. The molecule has 1 aliphatic rings. The van der Waals surface area contributed by atoms with Crippen LogP contribution in [0.5, 0.6) is 0 Å². The zero-order valence-corrected chi connectivity index (χ0v) is 24.5. The minimum Gasteiger partial charge on any atom is -0.465 e. The highest BCUT2D eigenvalue weighted by Gasteiger charge is 2.43. The van der Waals surface area contributed by atoms with E-state index in [1.165, 1.54) is 0 Å². The van der Waals surface area contributed by atoms with Crippen LogP contribution in [0.25, 0.3) is 11.1 Å². The maximum Gasteiger partial charge on any atom is 0.404 e. The molecule has 2 amide bonds. The summed E-state index contributed by atoms with van der Waals surface area (Å²) in [6, 6.07) is 21.1. The van der Waals surface area contributed by atoms with Crippen LogP contribution < -0.4 is 11.1 Å². The molecular weight excluding hydrogens is 538 g/mol. The zero-order chi connectivity index (χ0) is 29.6. The number of amides is 2. The van der Waals surface area contributed by atoms with Crippen molar-refractivity contribution in [1.82, 2.24) is 10.2 Å². The van der Waals surface area contributed by atoms with Crippen molar-refractivity contribution in [2.45, 2.75) is 57.6 Å². The maximum atomic E-state index is 13.5. The first-order chi connectivity index (χ1) is 19.6. The van der Waals surface area contributed by atoms with Crippen LogP contribution in [-0.4, -0.2) is 46.7 Å². The molecular formula is C33H40ClN3O4. The molecule has 4 rings (SSSR count). The maximum absolute atomic E-state index is 13.5. The van der Waals surface area contributed by atoms with Gasteiger partial charge in [0.05, 0.1) is 5.60 Å². The summed E-state index contributed by atoms with van der Waals surface area (Å²) in [7, 11) is 0. The van der Waals surface area contributed by atoms with Crippen LogP contribution in [0.2, 0.25) is 5.02 Å². The molecule has 0 aliphatic carbocycles. The number of nitrogens with one attached hydrogen (secondary N) is 1. The van der Waals surface area contributed by atoms with Crippen LogP contribution in [0, 0.1) is 5.92 Å². The van der Waals surface area contributed by atoms with E-state index in [0.29, 0.717) is 54.5 Å². The number of likely N-dealkylation sites (tertiary alicyclic amines) is 1. The molecule has 218 valence electrons. The molecule has 0 unspecified atom stereocenters. The number of nitrogens with zero attached hydrogens (tertiary/aromatic N) is 1. The molecule has 0 spiro atoms. The van der Waals surface area contributed by atoms with Gasteiger partial charge < -0.3 is 26.2 Å². The highest BCUT2D eigenvalue weighted by atomic mass is 35.5. The predicted molar refractivity (Wildman–Crippen MR) is 163 cm³/mol. The summed E-state index contributed by atoms with van der Waals surface area (Å²) in [5.41, 5.74) is 9.47. The Balaban J connectivity index is 1.72. The van der Waals surface area contributed by atoms with Gasteiger partial charge in [0, 0.05) is 48.2 Å². The van der Waals surface area contributed by atoms with Crippen molar-refractivity contribution < 1.29 is 19.8 Å². The molecule has 2 atom stereocenters. The number of nitrogens with two attached hydrogens (primary N) is 1. The fourth-order valence-corrected chi connectivity index (χ4v) is 6.14. The van der Waals surface area contributed by atoms with Gasteiger partial charge in [-0.1, -0.05) is 74.0 Å². The minimum absolute atomic E-state index is 0.0795. The zero-order valence-electron chi connectivity index (χ0n) is 23.8. The summed E-state index contributed by atoms with van der Waals surface area (Å²) in [6.45, 7) is 5.86. The lowest BCUT2D eigenvalue weighted by atomic mass is 9.72. The third kappa shape index (κ3) is 7.10. The van der Waals surface area contributed by atoms with Gasteiger partial charge in [-0.15, -0.1) is 0 Å². The molecule has 8 heteroatoms. The Morgan fingerprint density at radius 1 is 1.12 bits per heavy atom. The number of carbonyl (C=O) groups is 2. The molecule has 41 heavy (non-hydrogen) atoms. The first-order valence-electron chi connectivity index (χ1n) is 14.3. The van der Waals surface area contributed by atoms with Crippen molar-refractivity contribution in [3.05, 3.63) is 94.0 Å². The van der Waals surface area contributed by atoms with E-state index in [-0.39, 0.29) is 18.4 Å². The average Bonchev–Trinajstić information content (AvgIpc) is 2.98. The molecule has 1 aliphatic heterocycles. The molecule has 0 bridgehead atoms. The quantitative estimate of drug-likeness (QED) is 0.209. The van der Waals surface area contributed by atoms with E-state index in [0.717, 1.165) is 35.1 Å². The molecule has 0 saturated carbocycles. The topological polar surface area (TPSA) is 116 Å². The summed E-state index contributed by atoms with van der Waals surface area (Å²) in [4.78, 5) is 26.4. The van der Waals surface area contributed by atoms with Crippen LogP contribution in [0.3, 0.4) is 0 Å². The van der Waals surface area contributed by atoms with Gasteiger partial charge in [0.25, 0.3) is 5.91 Å². The first kappa shape index (κ1) is 30.6. The number of halogens is 1. The van der Waals surface area contributed by atoms with Gasteiger partial charge in [-0.05, 0) is 72.1 Å². The van der Waals surface area contributed by atoms with E-state index in [2.05, 4.69) is 31.3 Å². The van der Waals surface area contributed by atoms with Crippen molar-refractivity contribution in [2.75, 3.05) is 19.6 Å². The van der Waals surface area contributed by atoms with Crippen LogP contribution >= 0.6 is 11.6 Å². The lowest BCUT2D eigenvalue weighted by molar-refractivity contribution is -0.0563. The van der Waals surface area contributed by atoms with E-state index in [1.54, 1.807) is 12.1 Å². The number of rotatable bonds is 10. The third-order valence-corrected chi connectivity index (χ3v) is 8.47. The van der Waals surface area contributed by atoms with Crippen LogP contribution in [-0.2, 0) is 12.1 Å². The molecule has 1 heterocycles. The standard InChI is InChI=1S/C33H40ClN3O4/c1-22(2)25-7-3-8-26(19-25)30-28(10-4-11-29(30)34)33(41,16-6-17-36-32(39)40)27-9-5-18-37(21-27)31(38)24-14-12-23(20-35)13-15-24/h3-4,7-8,10-15,19,22,27,36,41H,5-6,9,16-18,20-21,35H2,1-2H3,(H,39,40)/t27-,33+/m1/s1. The Kier molecular flexibility index (Phi) is 10.1. The lowest BCUT2D eigenvalue weighted by Gasteiger charge is -2.44. The van der Waals surface area contributed by atoms with E-state index in [1.807, 2.05) is 47.4 Å². The molecule has 1 saturated heterocycles. The van der Waals surface area contributed by atoms with E-state index >= 15 is 0 Å². The van der Waals surface area contributed by atoms with Gasteiger partial charge in [0.15, 0.2) is 0 Å². The van der Waals surface area contributed by atoms with Gasteiger partial charge in [-0.3, -0.25) is 4.79 Å². The number of aliphatic hydroxyl groups is 1. The number of hydrogen-bond acceptors (Lipinski definition) is 4. The SMILES string of the molecule is CC(C)c1cccc(-c2c(Cl)cccc2[C@](O)(CCCNC(=O)O)[C@@H]2CCCN(C(=O)c3ccc(CN)cc3)C2)c1. The van der Waals surface area contributed by atoms with E-state index in [4.69, 9.17) is 22.4 Å². The highest BCUT2D eigenvalue weighted by Crippen LogP contribution is 2.46. The minimum atomic E-state index is -1.35. The molecule has 0 aromatic heterocycles. The smallest absolute Gasteiger partial charge is 0.404 e. The normalized spacial score (nSPS) is 16.8. The van der Waals surface area contributed by atoms with Crippen molar-refractivity contribution in [2.24, 2.45) is 11.7 Å². The Hall–Kier alpha value is -3.39. The molecule has 3 aromatic carbocycles. The molecule has 7 nitrogen and oxygen atoms in total. The van der Waals surface area contributed by atoms with E-state index < -0.39 is 11.7 Å². The monoisotopic (exact) mass is 577 g/mol.